The number of hydrogen-bond donors (Lipinski definition) is 1. The first-order valence-corrected chi connectivity index (χ1v) is 14.3. The second kappa shape index (κ2) is 13.7. The smallest absolute Gasteiger partial charge is 0.243 e. The Morgan fingerprint density at radius 3 is 2.03 bits per heavy atom. The van der Waals surface area contributed by atoms with Gasteiger partial charge in [-0.15, -0.1) is 0 Å². The van der Waals surface area contributed by atoms with E-state index >= 15 is 0 Å². The number of nitrogens with zero attached hydrogens (tertiary/aromatic N) is 1. The Hall–Kier alpha value is -2.92. The average molecular weight is 578 g/mol. The van der Waals surface area contributed by atoms with Crippen molar-refractivity contribution in [2.24, 2.45) is 5.92 Å². The topological polar surface area (TPSA) is 49.4 Å². The van der Waals surface area contributed by atoms with Crippen molar-refractivity contribution in [2.45, 2.75) is 71.9 Å². The highest BCUT2D eigenvalue weighted by atomic mass is 79.9. The Labute approximate surface area is 237 Å². The van der Waals surface area contributed by atoms with E-state index in [9.17, 15) is 9.59 Å². The summed E-state index contributed by atoms with van der Waals surface area (Å²) in [4.78, 5) is 29.1. The summed E-state index contributed by atoms with van der Waals surface area (Å²) in [7, 11) is 0. The van der Waals surface area contributed by atoms with Gasteiger partial charge in [0.2, 0.25) is 11.8 Å². The van der Waals surface area contributed by atoms with Gasteiger partial charge in [0.05, 0.1) is 0 Å². The third-order valence-electron chi connectivity index (χ3n) is 6.67. The summed E-state index contributed by atoms with van der Waals surface area (Å²) in [6.45, 7) is 11.7. The standard InChI is InChI=1S/C33H41BrN2O2/c1-24(2)22-35-32(38)30(21-26-9-7-6-8-10-26)36(23-27-13-18-29(34)19-14-27)31(37)20-15-25-11-16-28(17-12-25)33(3,4)5/h6-14,16-19,24,30H,15,20-23H2,1-5H3,(H,35,38)/t30-/m0/s1. The zero-order valence-corrected chi connectivity index (χ0v) is 24.9. The highest BCUT2D eigenvalue weighted by molar-refractivity contribution is 9.10. The first-order chi connectivity index (χ1) is 18.0. The fourth-order valence-electron chi connectivity index (χ4n) is 4.33. The van der Waals surface area contributed by atoms with Crippen molar-refractivity contribution in [2.75, 3.05) is 6.54 Å². The van der Waals surface area contributed by atoms with Crippen LogP contribution < -0.4 is 5.32 Å². The monoisotopic (exact) mass is 576 g/mol. The molecule has 0 radical (unpaired) electrons. The predicted molar refractivity (Wildman–Crippen MR) is 160 cm³/mol. The van der Waals surface area contributed by atoms with Crippen molar-refractivity contribution in [3.8, 4) is 0 Å². The van der Waals surface area contributed by atoms with Crippen LogP contribution in [-0.4, -0.2) is 29.3 Å². The van der Waals surface area contributed by atoms with Crippen LogP contribution in [0.15, 0.2) is 83.3 Å². The number of rotatable bonds is 11. The average Bonchev–Trinajstić information content (AvgIpc) is 2.89. The number of benzene rings is 3. The Morgan fingerprint density at radius 1 is 0.842 bits per heavy atom. The summed E-state index contributed by atoms with van der Waals surface area (Å²) in [5.74, 6) is 0.194. The summed E-state index contributed by atoms with van der Waals surface area (Å²) in [6.07, 6.45) is 1.44. The van der Waals surface area contributed by atoms with E-state index in [4.69, 9.17) is 0 Å². The van der Waals surface area contributed by atoms with E-state index in [1.165, 1.54) is 5.56 Å². The lowest BCUT2D eigenvalue weighted by molar-refractivity contribution is -0.141. The molecule has 5 heteroatoms. The third kappa shape index (κ3) is 9.13. The quantitative estimate of drug-likeness (QED) is 0.265. The number of halogens is 1. The summed E-state index contributed by atoms with van der Waals surface area (Å²) < 4.78 is 0.980. The van der Waals surface area contributed by atoms with Gasteiger partial charge >= 0.3 is 0 Å². The third-order valence-corrected chi connectivity index (χ3v) is 7.20. The van der Waals surface area contributed by atoms with Gasteiger partial charge in [-0.1, -0.05) is 117 Å². The van der Waals surface area contributed by atoms with Crippen LogP contribution in [0.4, 0.5) is 0 Å². The number of carbonyl (C=O) groups is 2. The minimum absolute atomic E-state index is 0.0200. The molecule has 0 heterocycles. The molecular formula is C33H41BrN2O2. The van der Waals surface area contributed by atoms with E-state index in [0.717, 1.165) is 21.2 Å². The molecule has 0 aliphatic carbocycles. The highest BCUT2D eigenvalue weighted by Crippen LogP contribution is 2.23. The van der Waals surface area contributed by atoms with Crippen LogP contribution in [0.1, 0.15) is 63.3 Å². The second-order valence-electron chi connectivity index (χ2n) is 11.4. The summed E-state index contributed by atoms with van der Waals surface area (Å²) in [6, 6.07) is 25.8. The number of nitrogens with one attached hydrogen (secondary N) is 1. The molecule has 0 aliphatic heterocycles. The van der Waals surface area contributed by atoms with Gasteiger partial charge in [-0.2, -0.15) is 0 Å². The normalized spacial score (nSPS) is 12.3. The van der Waals surface area contributed by atoms with Crippen molar-refractivity contribution < 1.29 is 9.59 Å². The first-order valence-electron chi connectivity index (χ1n) is 13.5. The van der Waals surface area contributed by atoms with E-state index in [-0.39, 0.29) is 17.2 Å². The number of carbonyl (C=O) groups excluding carboxylic acids is 2. The van der Waals surface area contributed by atoms with Gasteiger partial charge in [0.25, 0.3) is 0 Å². The molecule has 1 atom stereocenters. The van der Waals surface area contributed by atoms with E-state index < -0.39 is 6.04 Å². The van der Waals surface area contributed by atoms with Gasteiger partial charge in [0.1, 0.15) is 6.04 Å². The molecule has 2 amide bonds. The van der Waals surface area contributed by atoms with Crippen molar-refractivity contribution in [1.29, 1.82) is 0 Å². The first kappa shape index (κ1) is 29.6. The predicted octanol–water partition coefficient (Wildman–Crippen LogP) is 7.09. The number of hydrogen-bond acceptors (Lipinski definition) is 2. The SMILES string of the molecule is CC(C)CNC(=O)[C@H](Cc1ccccc1)N(Cc1ccc(Br)cc1)C(=O)CCc1ccc(C(C)(C)C)cc1. The van der Waals surface area contributed by atoms with E-state index in [2.05, 4.69) is 80.1 Å². The summed E-state index contributed by atoms with van der Waals surface area (Å²) >= 11 is 3.49. The van der Waals surface area contributed by atoms with Gasteiger partial charge in [0, 0.05) is 30.4 Å². The molecule has 0 saturated heterocycles. The molecule has 1 N–H and O–H groups in total. The summed E-state index contributed by atoms with van der Waals surface area (Å²) in [5.41, 5.74) is 4.51. The second-order valence-corrected chi connectivity index (χ2v) is 12.4. The van der Waals surface area contributed by atoms with Crippen LogP contribution in [0, 0.1) is 5.92 Å². The lowest BCUT2D eigenvalue weighted by atomic mass is 9.86. The molecule has 0 saturated carbocycles. The molecule has 0 unspecified atom stereocenters. The Kier molecular flexibility index (Phi) is 10.7. The maximum atomic E-state index is 13.8. The van der Waals surface area contributed by atoms with Crippen molar-refractivity contribution in [3.63, 3.8) is 0 Å². The fraction of sp³-hybridized carbons (Fsp3) is 0.394. The summed E-state index contributed by atoms with van der Waals surface area (Å²) in [5, 5.41) is 3.09. The Bertz CT molecular complexity index is 1170. The van der Waals surface area contributed by atoms with Gasteiger partial charge in [-0.25, -0.2) is 0 Å². The number of amides is 2. The lowest BCUT2D eigenvalue weighted by Gasteiger charge is -2.32. The molecule has 3 aromatic rings. The van der Waals surface area contributed by atoms with E-state index in [1.807, 2.05) is 54.6 Å². The zero-order valence-electron chi connectivity index (χ0n) is 23.3. The van der Waals surface area contributed by atoms with Crippen LogP contribution in [0.25, 0.3) is 0 Å². The highest BCUT2D eigenvalue weighted by Gasteiger charge is 2.30. The van der Waals surface area contributed by atoms with Crippen molar-refractivity contribution in [3.05, 3.63) is 106 Å². The van der Waals surface area contributed by atoms with Crippen LogP contribution in [0.5, 0.6) is 0 Å². The molecule has 0 bridgehead atoms. The Balaban J connectivity index is 1.87. The van der Waals surface area contributed by atoms with E-state index in [1.54, 1.807) is 4.90 Å². The minimum Gasteiger partial charge on any atom is -0.354 e. The molecule has 0 aromatic heterocycles. The van der Waals surface area contributed by atoms with Crippen LogP contribution >= 0.6 is 15.9 Å². The zero-order chi connectivity index (χ0) is 27.7. The lowest BCUT2D eigenvalue weighted by Crippen LogP contribution is -2.51. The van der Waals surface area contributed by atoms with Gasteiger partial charge < -0.3 is 10.2 Å². The van der Waals surface area contributed by atoms with Gasteiger partial charge in [-0.05, 0) is 52.1 Å². The van der Waals surface area contributed by atoms with Crippen molar-refractivity contribution >= 4 is 27.7 Å². The molecule has 0 aliphatic rings. The molecule has 3 rings (SSSR count). The molecule has 0 spiro atoms. The van der Waals surface area contributed by atoms with E-state index in [0.29, 0.717) is 38.3 Å². The molecule has 202 valence electrons. The van der Waals surface area contributed by atoms with Crippen molar-refractivity contribution in [1.82, 2.24) is 10.2 Å². The molecule has 38 heavy (non-hydrogen) atoms. The maximum Gasteiger partial charge on any atom is 0.243 e. The van der Waals surface area contributed by atoms with Gasteiger partial charge in [0.15, 0.2) is 0 Å². The molecule has 3 aromatic carbocycles. The van der Waals surface area contributed by atoms with Crippen LogP contribution in [-0.2, 0) is 34.4 Å². The Morgan fingerprint density at radius 2 is 1.45 bits per heavy atom. The fourth-order valence-corrected chi connectivity index (χ4v) is 4.59. The van der Waals surface area contributed by atoms with Crippen LogP contribution in [0.3, 0.4) is 0 Å². The maximum absolute atomic E-state index is 13.8. The molecule has 4 nitrogen and oxygen atoms in total. The largest absolute Gasteiger partial charge is 0.354 e. The molecule has 0 fully saturated rings. The molecular weight excluding hydrogens is 536 g/mol. The minimum atomic E-state index is -0.601. The van der Waals surface area contributed by atoms with Crippen LogP contribution in [0.2, 0.25) is 0 Å². The number of aryl methyl sites for hydroxylation is 1. The van der Waals surface area contributed by atoms with Gasteiger partial charge in [-0.3, -0.25) is 9.59 Å².